The van der Waals surface area contributed by atoms with Crippen LogP contribution in [-0.2, 0) is 6.54 Å². The van der Waals surface area contributed by atoms with Crippen molar-refractivity contribution in [3.8, 4) is 0 Å². The Hall–Kier alpha value is -2.89. The molecule has 0 atom stereocenters. The normalized spacial score (nSPS) is 11.7. The van der Waals surface area contributed by atoms with Gasteiger partial charge in [-0.3, -0.25) is 14.8 Å². The molecule has 0 bridgehead atoms. The molecule has 0 amide bonds. The second-order valence-corrected chi connectivity index (χ2v) is 6.49. The van der Waals surface area contributed by atoms with Crippen LogP contribution in [0.15, 0.2) is 36.5 Å². The molecule has 0 spiro atoms. The van der Waals surface area contributed by atoms with Gasteiger partial charge >= 0.3 is 0 Å². The number of hydrogen-bond donors (Lipinski definition) is 2. The minimum absolute atomic E-state index is 0.562. The number of rotatable bonds is 4. The van der Waals surface area contributed by atoms with Gasteiger partial charge in [-0.1, -0.05) is 13.8 Å². The first-order valence-corrected chi connectivity index (χ1v) is 8.15. The first kappa shape index (κ1) is 14.7. The van der Waals surface area contributed by atoms with E-state index in [-0.39, 0.29) is 0 Å². The van der Waals surface area contributed by atoms with Crippen LogP contribution in [-0.4, -0.2) is 25.0 Å². The lowest BCUT2D eigenvalue weighted by Gasteiger charge is -2.07. The average molecular weight is 320 g/mol. The molecule has 0 aliphatic carbocycles. The van der Waals surface area contributed by atoms with Crippen molar-refractivity contribution >= 4 is 33.4 Å². The quantitative estimate of drug-likeness (QED) is 0.596. The zero-order chi connectivity index (χ0) is 16.7. The number of aromatic nitrogens is 5. The van der Waals surface area contributed by atoms with Gasteiger partial charge in [0.2, 0.25) is 0 Å². The lowest BCUT2D eigenvalue weighted by molar-refractivity contribution is 0.493. The number of H-pyrrole nitrogens is 1. The monoisotopic (exact) mass is 320 g/mol. The summed E-state index contributed by atoms with van der Waals surface area (Å²) in [5.41, 5.74) is 4.94. The number of anilines is 2. The van der Waals surface area contributed by atoms with E-state index in [9.17, 15) is 0 Å². The predicted molar refractivity (Wildman–Crippen MR) is 96.5 cm³/mol. The van der Waals surface area contributed by atoms with Crippen LogP contribution in [0, 0.1) is 12.8 Å². The van der Waals surface area contributed by atoms with Gasteiger partial charge in [-0.25, -0.2) is 0 Å². The SMILES string of the molecule is Cc1nn(CC(C)C)c2ccc(Nc3n[nH]c4cccnc34)cc12. The van der Waals surface area contributed by atoms with Crippen molar-refractivity contribution in [2.45, 2.75) is 27.3 Å². The Kier molecular flexibility index (Phi) is 3.45. The second kappa shape index (κ2) is 5.63. The van der Waals surface area contributed by atoms with Gasteiger partial charge in [0.1, 0.15) is 5.52 Å². The van der Waals surface area contributed by atoms with Gasteiger partial charge in [-0.2, -0.15) is 10.2 Å². The Morgan fingerprint density at radius 2 is 2.12 bits per heavy atom. The van der Waals surface area contributed by atoms with E-state index >= 15 is 0 Å². The lowest BCUT2D eigenvalue weighted by Crippen LogP contribution is -2.05. The molecule has 0 saturated heterocycles. The summed E-state index contributed by atoms with van der Waals surface area (Å²) in [6.07, 6.45) is 1.77. The fourth-order valence-corrected chi connectivity index (χ4v) is 2.98. The third-order valence-corrected chi connectivity index (χ3v) is 4.06. The Morgan fingerprint density at radius 1 is 1.25 bits per heavy atom. The van der Waals surface area contributed by atoms with Gasteiger partial charge in [0.15, 0.2) is 5.82 Å². The molecule has 0 fully saturated rings. The number of pyridine rings is 1. The molecular formula is C18H20N6. The Labute approximate surface area is 139 Å². The number of nitrogens with one attached hydrogen (secondary N) is 2. The highest BCUT2D eigenvalue weighted by Gasteiger charge is 2.11. The number of benzene rings is 1. The standard InChI is InChI=1S/C18H20N6/c1-11(2)10-24-16-7-6-13(9-14(16)12(3)23-24)20-18-17-15(21-22-18)5-4-8-19-17/h4-9,11H,10H2,1-3H3,(H2,20,21,22). The van der Waals surface area contributed by atoms with Gasteiger partial charge in [-0.05, 0) is 43.2 Å². The van der Waals surface area contributed by atoms with Crippen LogP contribution < -0.4 is 5.32 Å². The minimum atomic E-state index is 0.562. The van der Waals surface area contributed by atoms with E-state index in [1.165, 1.54) is 0 Å². The number of aryl methyl sites for hydroxylation is 1. The highest BCUT2D eigenvalue weighted by Crippen LogP contribution is 2.26. The molecule has 122 valence electrons. The van der Waals surface area contributed by atoms with Crippen molar-refractivity contribution in [3.05, 3.63) is 42.2 Å². The maximum Gasteiger partial charge on any atom is 0.178 e. The van der Waals surface area contributed by atoms with Crippen molar-refractivity contribution in [3.63, 3.8) is 0 Å². The number of hydrogen-bond acceptors (Lipinski definition) is 4. The molecule has 4 aromatic rings. The van der Waals surface area contributed by atoms with Crippen molar-refractivity contribution in [1.29, 1.82) is 0 Å². The van der Waals surface area contributed by atoms with E-state index in [1.807, 2.05) is 12.1 Å². The maximum absolute atomic E-state index is 4.67. The van der Waals surface area contributed by atoms with Crippen LogP contribution in [0.1, 0.15) is 19.5 Å². The number of nitrogens with zero attached hydrogens (tertiary/aromatic N) is 4. The molecule has 0 aliphatic heterocycles. The summed E-state index contributed by atoms with van der Waals surface area (Å²) >= 11 is 0. The Balaban J connectivity index is 1.71. The molecule has 6 nitrogen and oxygen atoms in total. The van der Waals surface area contributed by atoms with Crippen molar-refractivity contribution in [2.24, 2.45) is 5.92 Å². The zero-order valence-electron chi connectivity index (χ0n) is 14.0. The van der Waals surface area contributed by atoms with E-state index in [1.54, 1.807) is 6.20 Å². The molecule has 0 aliphatic rings. The Bertz CT molecular complexity index is 1010. The van der Waals surface area contributed by atoms with Crippen LogP contribution in [0.4, 0.5) is 11.5 Å². The van der Waals surface area contributed by atoms with Crippen LogP contribution >= 0.6 is 0 Å². The van der Waals surface area contributed by atoms with Crippen LogP contribution in [0.5, 0.6) is 0 Å². The molecule has 1 aromatic carbocycles. The van der Waals surface area contributed by atoms with Gasteiger partial charge < -0.3 is 5.32 Å². The first-order valence-electron chi connectivity index (χ1n) is 8.15. The first-order chi connectivity index (χ1) is 11.6. The van der Waals surface area contributed by atoms with Gasteiger partial charge in [0.25, 0.3) is 0 Å². The molecule has 0 saturated carbocycles. The van der Waals surface area contributed by atoms with Gasteiger partial charge in [-0.15, -0.1) is 0 Å². The highest BCUT2D eigenvalue weighted by molar-refractivity contribution is 5.90. The third-order valence-electron chi connectivity index (χ3n) is 4.06. The molecule has 0 radical (unpaired) electrons. The summed E-state index contributed by atoms with van der Waals surface area (Å²) in [6.45, 7) is 7.38. The van der Waals surface area contributed by atoms with Crippen LogP contribution in [0.2, 0.25) is 0 Å². The average Bonchev–Trinajstić information content (AvgIpc) is 3.09. The van der Waals surface area contributed by atoms with E-state index in [0.717, 1.165) is 45.7 Å². The fraction of sp³-hybridized carbons (Fsp3) is 0.278. The topological polar surface area (TPSA) is 71.4 Å². The van der Waals surface area contributed by atoms with E-state index in [2.05, 4.69) is 69.2 Å². The van der Waals surface area contributed by atoms with Crippen LogP contribution in [0.3, 0.4) is 0 Å². The number of aromatic amines is 1. The molecule has 0 unspecified atom stereocenters. The fourth-order valence-electron chi connectivity index (χ4n) is 2.98. The van der Waals surface area contributed by atoms with E-state index < -0.39 is 0 Å². The lowest BCUT2D eigenvalue weighted by atomic mass is 10.2. The van der Waals surface area contributed by atoms with Crippen molar-refractivity contribution < 1.29 is 0 Å². The molecule has 2 N–H and O–H groups in total. The summed E-state index contributed by atoms with van der Waals surface area (Å²) < 4.78 is 2.09. The summed E-state index contributed by atoms with van der Waals surface area (Å²) in [5, 5.41) is 16.5. The smallest absolute Gasteiger partial charge is 0.178 e. The maximum atomic E-state index is 4.67. The van der Waals surface area contributed by atoms with Crippen molar-refractivity contribution in [2.75, 3.05) is 5.32 Å². The molecule has 24 heavy (non-hydrogen) atoms. The summed E-state index contributed by atoms with van der Waals surface area (Å²) in [6, 6.07) is 10.1. The highest BCUT2D eigenvalue weighted by atomic mass is 15.3. The number of fused-ring (bicyclic) bond motifs is 2. The largest absolute Gasteiger partial charge is 0.337 e. The van der Waals surface area contributed by atoms with Gasteiger partial charge in [0.05, 0.1) is 16.7 Å². The summed E-state index contributed by atoms with van der Waals surface area (Å²) in [5.74, 6) is 1.30. The Morgan fingerprint density at radius 3 is 2.96 bits per heavy atom. The summed E-state index contributed by atoms with van der Waals surface area (Å²) in [4.78, 5) is 4.38. The minimum Gasteiger partial charge on any atom is -0.337 e. The molecule has 6 heteroatoms. The second-order valence-electron chi connectivity index (χ2n) is 6.49. The van der Waals surface area contributed by atoms with E-state index in [0.29, 0.717) is 5.92 Å². The molecule has 4 rings (SSSR count). The van der Waals surface area contributed by atoms with Crippen LogP contribution in [0.25, 0.3) is 21.9 Å². The summed E-state index contributed by atoms with van der Waals surface area (Å²) in [7, 11) is 0. The predicted octanol–water partition coefficient (Wildman–Crippen LogP) is 4.02. The van der Waals surface area contributed by atoms with Gasteiger partial charge in [0, 0.05) is 23.8 Å². The van der Waals surface area contributed by atoms with Crippen molar-refractivity contribution in [1.82, 2.24) is 25.0 Å². The third kappa shape index (κ3) is 2.50. The molecular weight excluding hydrogens is 300 g/mol. The zero-order valence-corrected chi connectivity index (χ0v) is 14.0. The molecule has 3 heterocycles. The van der Waals surface area contributed by atoms with E-state index in [4.69, 9.17) is 0 Å². The molecule has 3 aromatic heterocycles.